The number of halogens is 1. The summed E-state index contributed by atoms with van der Waals surface area (Å²) in [5.41, 5.74) is 6.47. The Morgan fingerprint density at radius 2 is 1.96 bits per heavy atom. The molecule has 0 spiro atoms. The van der Waals surface area contributed by atoms with E-state index in [2.05, 4.69) is 14.9 Å². The molecule has 3 rings (SSSR count). The van der Waals surface area contributed by atoms with Gasteiger partial charge in [0.05, 0.1) is 0 Å². The van der Waals surface area contributed by atoms with Gasteiger partial charge in [0.2, 0.25) is 0 Å². The Bertz CT molecular complexity index is 744. The van der Waals surface area contributed by atoms with Gasteiger partial charge in [-0.2, -0.15) is 0 Å². The predicted octanol–water partition coefficient (Wildman–Crippen LogP) is 2.24. The highest BCUT2D eigenvalue weighted by Gasteiger charge is 2.23. The molecule has 0 atom stereocenters. The first kappa shape index (κ1) is 16.5. The van der Waals surface area contributed by atoms with Crippen LogP contribution in [0.1, 0.15) is 23.1 Å². The van der Waals surface area contributed by atoms with E-state index in [0.717, 1.165) is 18.1 Å². The van der Waals surface area contributed by atoms with E-state index < -0.39 is 0 Å². The van der Waals surface area contributed by atoms with Crippen LogP contribution in [0.5, 0.6) is 0 Å². The molecule has 1 aromatic heterocycles. The third kappa shape index (κ3) is 3.59. The number of nitrogens with zero attached hydrogens (tertiary/aromatic N) is 4. The van der Waals surface area contributed by atoms with Crippen LogP contribution in [-0.4, -0.2) is 47.0 Å². The Morgan fingerprint density at radius 3 is 2.62 bits per heavy atom. The largest absolute Gasteiger partial charge is 0.384 e. The standard InChI is InChI=1S/C17H20ClN5O/c1-2-15-20-14(19)11-16(21-15)22-6-8-23(9-7-22)17(24)12-4-3-5-13(18)10-12/h3-5,10-11H,2,6-9H2,1H3,(H2,19,20,21). The van der Waals surface area contributed by atoms with Gasteiger partial charge in [-0.05, 0) is 18.2 Å². The lowest BCUT2D eigenvalue weighted by Crippen LogP contribution is -2.49. The SMILES string of the molecule is CCc1nc(N)cc(N2CCN(C(=O)c3cccc(Cl)c3)CC2)n1. The molecule has 2 heterocycles. The van der Waals surface area contributed by atoms with Gasteiger partial charge in [-0.15, -0.1) is 0 Å². The number of carbonyl (C=O) groups is 1. The normalized spacial score (nSPS) is 14.8. The minimum atomic E-state index is 0.00796. The number of amides is 1. The number of piperazine rings is 1. The molecule has 1 amide bonds. The molecule has 126 valence electrons. The van der Waals surface area contributed by atoms with Crippen molar-refractivity contribution < 1.29 is 4.79 Å². The van der Waals surface area contributed by atoms with Gasteiger partial charge in [0.25, 0.3) is 5.91 Å². The number of aromatic nitrogens is 2. The second kappa shape index (κ2) is 7.05. The number of hydrogen-bond donors (Lipinski definition) is 1. The van der Waals surface area contributed by atoms with E-state index in [1.807, 2.05) is 11.8 Å². The van der Waals surface area contributed by atoms with Crippen molar-refractivity contribution >= 4 is 29.1 Å². The summed E-state index contributed by atoms with van der Waals surface area (Å²) in [7, 11) is 0. The number of rotatable bonds is 3. The molecule has 7 heteroatoms. The van der Waals surface area contributed by atoms with Crippen molar-refractivity contribution in [3.8, 4) is 0 Å². The molecule has 24 heavy (non-hydrogen) atoms. The molecule has 6 nitrogen and oxygen atoms in total. The number of nitrogen functional groups attached to an aromatic ring is 1. The van der Waals surface area contributed by atoms with E-state index in [0.29, 0.717) is 42.6 Å². The molecule has 0 saturated carbocycles. The van der Waals surface area contributed by atoms with Crippen LogP contribution in [0, 0.1) is 0 Å². The van der Waals surface area contributed by atoms with Crippen LogP contribution in [0.2, 0.25) is 5.02 Å². The Balaban J connectivity index is 1.67. The second-order valence-electron chi connectivity index (χ2n) is 5.71. The Morgan fingerprint density at radius 1 is 1.21 bits per heavy atom. The van der Waals surface area contributed by atoms with Crippen molar-refractivity contribution in [2.24, 2.45) is 0 Å². The van der Waals surface area contributed by atoms with Crippen molar-refractivity contribution in [2.75, 3.05) is 36.8 Å². The van der Waals surface area contributed by atoms with Crippen molar-refractivity contribution in [1.29, 1.82) is 0 Å². The summed E-state index contributed by atoms with van der Waals surface area (Å²) in [6, 6.07) is 8.84. The zero-order valence-corrected chi connectivity index (χ0v) is 14.3. The van der Waals surface area contributed by atoms with Gasteiger partial charge in [0.1, 0.15) is 17.5 Å². The minimum absolute atomic E-state index is 0.00796. The molecule has 1 aliphatic rings. The maximum atomic E-state index is 12.6. The lowest BCUT2D eigenvalue weighted by molar-refractivity contribution is 0.0746. The number of nitrogens with two attached hydrogens (primary N) is 1. The summed E-state index contributed by atoms with van der Waals surface area (Å²) in [6.07, 6.45) is 0.741. The highest BCUT2D eigenvalue weighted by atomic mass is 35.5. The summed E-state index contributed by atoms with van der Waals surface area (Å²) < 4.78 is 0. The van der Waals surface area contributed by atoms with E-state index in [4.69, 9.17) is 17.3 Å². The van der Waals surface area contributed by atoms with Gasteiger partial charge >= 0.3 is 0 Å². The zero-order chi connectivity index (χ0) is 17.1. The highest BCUT2D eigenvalue weighted by molar-refractivity contribution is 6.30. The van der Waals surface area contributed by atoms with Crippen LogP contribution >= 0.6 is 11.6 Å². The van der Waals surface area contributed by atoms with Gasteiger partial charge in [0.15, 0.2) is 0 Å². The van der Waals surface area contributed by atoms with Crippen molar-refractivity contribution in [3.05, 3.63) is 46.7 Å². The monoisotopic (exact) mass is 345 g/mol. The van der Waals surface area contributed by atoms with Gasteiger partial charge in [-0.25, -0.2) is 9.97 Å². The molecular formula is C17H20ClN5O. The first-order chi connectivity index (χ1) is 11.6. The molecule has 2 N–H and O–H groups in total. The smallest absolute Gasteiger partial charge is 0.254 e. The molecule has 1 aromatic carbocycles. The van der Waals surface area contributed by atoms with Crippen LogP contribution in [0.15, 0.2) is 30.3 Å². The molecular weight excluding hydrogens is 326 g/mol. The fraction of sp³-hybridized carbons (Fsp3) is 0.353. The van der Waals surface area contributed by atoms with E-state index >= 15 is 0 Å². The van der Waals surface area contributed by atoms with Crippen molar-refractivity contribution in [2.45, 2.75) is 13.3 Å². The van der Waals surface area contributed by atoms with Crippen LogP contribution in [0.3, 0.4) is 0 Å². The first-order valence-electron chi connectivity index (χ1n) is 8.00. The lowest BCUT2D eigenvalue weighted by Gasteiger charge is -2.35. The van der Waals surface area contributed by atoms with Crippen LogP contribution in [0.25, 0.3) is 0 Å². The Kier molecular flexibility index (Phi) is 4.85. The van der Waals surface area contributed by atoms with E-state index in [9.17, 15) is 4.79 Å². The van der Waals surface area contributed by atoms with Crippen LogP contribution in [0.4, 0.5) is 11.6 Å². The average molecular weight is 346 g/mol. The fourth-order valence-corrected chi connectivity index (χ4v) is 2.96. The number of anilines is 2. The molecule has 2 aromatic rings. The maximum Gasteiger partial charge on any atom is 0.254 e. The van der Waals surface area contributed by atoms with Crippen molar-refractivity contribution in [3.63, 3.8) is 0 Å². The third-order valence-corrected chi connectivity index (χ3v) is 4.29. The van der Waals surface area contributed by atoms with Gasteiger partial charge in [-0.3, -0.25) is 4.79 Å². The summed E-state index contributed by atoms with van der Waals surface area (Å²) in [6.45, 7) is 4.70. The van der Waals surface area contributed by atoms with Gasteiger partial charge < -0.3 is 15.5 Å². The Labute approximate surface area is 146 Å². The molecule has 1 fully saturated rings. The number of benzene rings is 1. The average Bonchev–Trinajstić information content (AvgIpc) is 2.60. The second-order valence-corrected chi connectivity index (χ2v) is 6.15. The van der Waals surface area contributed by atoms with Crippen molar-refractivity contribution in [1.82, 2.24) is 14.9 Å². The Hall–Kier alpha value is -2.34. The summed E-state index contributed by atoms with van der Waals surface area (Å²) >= 11 is 5.97. The van der Waals surface area contributed by atoms with Gasteiger partial charge in [-0.1, -0.05) is 24.6 Å². The number of aryl methyl sites for hydroxylation is 1. The quantitative estimate of drug-likeness (QED) is 0.923. The summed E-state index contributed by atoms with van der Waals surface area (Å²) in [4.78, 5) is 25.3. The zero-order valence-electron chi connectivity index (χ0n) is 13.6. The highest BCUT2D eigenvalue weighted by Crippen LogP contribution is 2.18. The molecule has 0 unspecified atom stereocenters. The molecule has 0 bridgehead atoms. The predicted molar refractivity (Wildman–Crippen MR) is 95.4 cm³/mol. The number of carbonyl (C=O) groups excluding carboxylic acids is 1. The first-order valence-corrected chi connectivity index (χ1v) is 8.38. The minimum Gasteiger partial charge on any atom is -0.384 e. The van der Waals surface area contributed by atoms with E-state index in [-0.39, 0.29) is 5.91 Å². The topological polar surface area (TPSA) is 75.3 Å². The fourth-order valence-electron chi connectivity index (χ4n) is 2.77. The third-order valence-electron chi connectivity index (χ3n) is 4.06. The molecule has 0 aliphatic carbocycles. The van der Waals surface area contributed by atoms with Gasteiger partial charge in [0, 0.05) is 49.3 Å². The molecule has 0 radical (unpaired) electrons. The molecule has 1 aliphatic heterocycles. The maximum absolute atomic E-state index is 12.6. The van der Waals surface area contributed by atoms with Crippen LogP contribution in [-0.2, 0) is 6.42 Å². The molecule has 1 saturated heterocycles. The summed E-state index contributed by atoms with van der Waals surface area (Å²) in [5.74, 6) is 2.06. The lowest BCUT2D eigenvalue weighted by atomic mass is 10.2. The summed E-state index contributed by atoms with van der Waals surface area (Å²) in [5, 5.41) is 0.572. The number of hydrogen-bond acceptors (Lipinski definition) is 5. The van der Waals surface area contributed by atoms with E-state index in [1.54, 1.807) is 30.3 Å². The van der Waals surface area contributed by atoms with Crippen LogP contribution < -0.4 is 10.6 Å². The van der Waals surface area contributed by atoms with E-state index in [1.165, 1.54) is 0 Å².